The van der Waals surface area contributed by atoms with Gasteiger partial charge in [-0.3, -0.25) is 0 Å². The molecule has 1 aliphatic carbocycles. The van der Waals surface area contributed by atoms with Crippen molar-refractivity contribution in [3.8, 4) is 0 Å². The summed E-state index contributed by atoms with van der Waals surface area (Å²) in [6, 6.07) is 27.0. The van der Waals surface area contributed by atoms with Gasteiger partial charge in [-0.2, -0.15) is 0 Å². The molecule has 0 saturated heterocycles. The van der Waals surface area contributed by atoms with Crippen molar-refractivity contribution >= 4 is 54.5 Å². The lowest BCUT2D eigenvalue weighted by molar-refractivity contribution is -0.0775. The van der Waals surface area contributed by atoms with Crippen LogP contribution in [0.15, 0.2) is 72.8 Å². The van der Waals surface area contributed by atoms with E-state index in [-0.39, 0.29) is 11.8 Å². The molecule has 6 aromatic carbocycles. The Balaban J connectivity index is 1.12. The van der Waals surface area contributed by atoms with Crippen molar-refractivity contribution in [1.29, 1.82) is 0 Å². The molecule has 5 aliphatic rings. The molecule has 0 atom stereocenters. The first-order valence-corrected chi connectivity index (χ1v) is 17.5. The molecular weight excluding hydrogens is 564 g/mol. The SMILES string of the molecule is OC1C(c2cc3c4c5c(c6ccccc6cc25)CCN4CCC3)C(O)C1c1cc2c3c4c(c5ccccc5cc14)CCN3CCC2. The molecule has 0 amide bonds. The Morgan fingerprint density at radius 1 is 0.500 bits per heavy atom. The highest BCUT2D eigenvalue weighted by atomic mass is 16.3. The second kappa shape index (κ2) is 9.24. The van der Waals surface area contributed by atoms with E-state index in [1.165, 1.54) is 76.7 Å². The molecule has 1 saturated carbocycles. The van der Waals surface area contributed by atoms with E-state index in [0.717, 1.165) is 75.8 Å². The summed E-state index contributed by atoms with van der Waals surface area (Å²) in [5.41, 5.74) is 10.8. The number of anilines is 2. The molecule has 0 spiro atoms. The second-order valence-corrected chi connectivity index (χ2v) is 14.7. The highest BCUT2D eigenvalue weighted by molar-refractivity contribution is 6.12. The number of hydrogen-bond acceptors (Lipinski definition) is 4. The first-order chi connectivity index (χ1) is 22.7. The Labute approximate surface area is 268 Å². The fourth-order valence-electron chi connectivity index (χ4n) is 10.5. The second-order valence-electron chi connectivity index (χ2n) is 14.7. The van der Waals surface area contributed by atoms with Crippen LogP contribution in [0.25, 0.3) is 43.1 Å². The van der Waals surface area contributed by atoms with E-state index in [2.05, 4.69) is 82.6 Å². The molecule has 0 unspecified atom stereocenters. The van der Waals surface area contributed by atoms with Crippen molar-refractivity contribution in [2.75, 3.05) is 36.0 Å². The van der Waals surface area contributed by atoms with Gasteiger partial charge in [0, 0.05) is 60.2 Å². The zero-order chi connectivity index (χ0) is 30.3. The van der Waals surface area contributed by atoms with Crippen LogP contribution < -0.4 is 9.80 Å². The fourth-order valence-corrected chi connectivity index (χ4v) is 10.5. The van der Waals surface area contributed by atoms with Crippen LogP contribution in [0.5, 0.6) is 0 Å². The average molecular weight is 603 g/mol. The van der Waals surface area contributed by atoms with Gasteiger partial charge in [-0.15, -0.1) is 0 Å². The maximum absolute atomic E-state index is 12.3. The third-order valence-electron chi connectivity index (χ3n) is 12.5. The molecule has 4 aliphatic heterocycles. The van der Waals surface area contributed by atoms with Gasteiger partial charge in [0.05, 0.1) is 12.2 Å². The number of rotatable bonds is 2. The molecule has 228 valence electrons. The van der Waals surface area contributed by atoms with Gasteiger partial charge in [0.1, 0.15) is 0 Å². The maximum Gasteiger partial charge on any atom is 0.0727 e. The number of fused-ring (bicyclic) bond motifs is 4. The topological polar surface area (TPSA) is 46.9 Å². The van der Waals surface area contributed by atoms with Crippen LogP contribution in [0.3, 0.4) is 0 Å². The van der Waals surface area contributed by atoms with Crippen LogP contribution in [-0.2, 0) is 25.7 Å². The Hall–Kier alpha value is -4.12. The van der Waals surface area contributed by atoms with E-state index in [9.17, 15) is 10.2 Å². The molecule has 1 fully saturated rings. The van der Waals surface area contributed by atoms with E-state index in [1.54, 1.807) is 0 Å². The van der Waals surface area contributed by atoms with Crippen LogP contribution in [0.4, 0.5) is 11.4 Å². The number of nitrogens with zero attached hydrogens (tertiary/aromatic N) is 2. The smallest absolute Gasteiger partial charge is 0.0727 e. The zero-order valence-electron chi connectivity index (χ0n) is 26.1. The van der Waals surface area contributed by atoms with E-state index < -0.39 is 12.2 Å². The molecule has 4 heterocycles. The zero-order valence-corrected chi connectivity index (χ0v) is 26.1. The Bertz CT molecular complexity index is 2140. The summed E-state index contributed by atoms with van der Waals surface area (Å²) in [5.74, 6) is -0.617. The quantitative estimate of drug-likeness (QED) is 0.201. The van der Waals surface area contributed by atoms with Crippen LogP contribution in [0, 0.1) is 0 Å². The Kier molecular flexibility index (Phi) is 5.22. The van der Waals surface area contributed by atoms with E-state index >= 15 is 0 Å². The van der Waals surface area contributed by atoms with Gasteiger partial charge in [-0.25, -0.2) is 0 Å². The molecule has 46 heavy (non-hydrogen) atoms. The third-order valence-corrected chi connectivity index (χ3v) is 12.5. The highest BCUT2D eigenvalue weighted by Crippen LogP contribution is 2.56. The summed E-state index contributed by atoms with van der Waals surface area (Å²) < 4.78 is 0. The Morgan fingerprint density at radius 2 is 0.957 bits per heavy atom. The summed E-state index contributed by atoms with van der Waals surface area (Å²) in [5, 5.41) is 35.0. The predicted octanol–water partition coefficient (Wildman–Crippen LogP) is 7.52. The lowest BCUT2D eigenvalue weighted by Gasteiger charge is -2.49. The standard InChI is InChI=1S/C42H38N2O2/c45-41-37(33-21-25-9-5-15-43-17-13-29-27-11-3-1-7-23(27)19-31(33)35(29)39(25)43)42(46)38(41)34-22-26-10-6-16-44-18-14-30-28-12-4-2-8-24(28)20-32(34)36(30)40(26)44/h1-4,7-8,11-12,19-22,37-38,41-42,45-46H,5-6,9-10,13-18H2. The van der Waals surface area contributed by atoms with Crippen LogP contribution >= 0.6 is 0 Å². The van der Waals surface area contributed by atoms with Gasteiger partial charge in [0.15, 0.2) is 0 Å². The molecule has 0 bridgehead atoms. The van der Waals surface area contributed by atoms with Crippen molar-refractivity contribution in [2.45, 2.75) is 62.6 Å². The molecule has 4 nitrogen and oxygen atoms in total. The van der Waals surface area contributed by atoms with Crippen molar-refractivity contribution in [2.24, 2.45) is 0 Å². The summed E-state index contributed by atoms with van der Waals surface area (Å²) in [6.45, 7) is 4.37. The molecule has 6 aromatic rings. The highest BCUT2D eigenvalue weighted by Gasteiger charge is 2.52. The average Bonchev–Trinajstić information content (AvgIpc) is 3.09. The van der Waals surface area contributed by atoms with E-state index in [4.69, 9.17) is 0 Å². The monoisotopic (exact) mass is 602 g/mol. The van der Waals surface area contributed by atoms with Crippen molar-refractivity contribution in [3.63, 3.8) is 0 Å². The minimum atomic E-state index is -0.646. The Morgan fingerprint density at radius 3 is 1.43 bits per heavy atom. The van der Waals surface area contributed by atoms with Crippen LogP contribution in [-0.4, -0.2) is 48.6 Å². The number of benzene rings is 6. The van der Waals surface area contributed by atoms with Gasteiger partial charge < -0.3 is 20.0 Å². The number of hydrogen-bond donors (Lipinski definition) is 2. The lowest BCUT2D eigenvalue weighted by atomic mass is 9.61. The molecule has 11 rings (SSSR count). The summed E-state index contributed by atoms with van der Waals surface area (Å²) in [7, 11) is 0. The van der Waals surface area contributed by atoms with Gasteiger partial charge in [-0.1, -0.05) is 60.7 Å². The third kappa shape index (κ3) is 3.27. The van der Waals surface area contributed by atoms with Gasteiger partial charge >= 0.3 is 0 Å². The van der Waals surface area contributed by atoms with Crippen LogP contribution in [0.1, 0.15) is 58.1 Å². The molecule has 0 radical (unpaired) electrons. The van der Waals surface area contributed by atoms with E-state index in [1.807, 2.05) is 0 Å². The molecule has 2 N–H and O–H groups in total. The predicted molar refractivity (Wildman–Crippen MR) is 189 cm³/mol. The molecule has 0 aromatic heterocycles. The summed E-state index contributed by atoms with van der Waals surface area (Å²) in [6.07, 6.45) is 5.24. The van der Waals surface area contributed by atoms with Gasteiger partial charge in [-0.05, 0) is 116 Å². The minimum absolute atomic E-state index is 0.308. The summed E-state index contributed by atoms with van der Waals surface area (Å²) in [4.78, 5) is 5.19. The molecule has 4 heteroatoms. The number of aliphatic hydroxyl groups excluding tert-OH is 2. The van der Waals surface area contributed by atoms with E-state index in [0.29, 0.717) is 0 Å². The van der Waals surface area contributed by atoms with Crippen molar-refractivity contribution in [3.05, 3.63) is 106 Å². The largest absolute Gasteiger partial charge is 0.392 e. The number of aliphatic hydroxyl groups is 2. The van der Waals surface area contributed by atoms with Crippen molar-refractivity contribution < 1.29 is 10.2 Å². The van der Waals surface area contributed by atoms with Crippen LogP contribution in [0.2, 0.25) is 0 Å². The summed E-state index contributed by atoms with van der Waals surface area (Å²) >= 11 is 0. The first-order valence-electron chi connectivity index (χ1n) is 17.5. The normalized spacial score (nSPS) is 24.7. The van der Waals surface area contributed by atoms with Crippen molar-refractivity contribution in [1.82, 2.24) is 0 Å². The maximum atomic E-state index is 12.3. The van der Waals surface area contributed by atoms with Gasteiger partial charge in [0.25, 0.3) is 0 Å². The lowest BCUT2D eigenvalue weighted by Crippen LogP contribution is -2.52. The first kappa shape index (κ1) is 26.0. The molecular formula is C42H38N2O2. The minimum Gasteiger partial charge on any atom is -0.392 e. The number of aryl methyl sites for hydroxylation is 2. The van der Waals surface area contributed by atoms with Gasteiger partial charge in [0.2, 0.25) is 0 Å². The fraction of sp³-hybridized carbons (Fsp3) is 0.333.